The van der Waals surface area contributed by atoms with Gasteiger partial charge in [-0.3, -0.25) is 58.6 Å². The lowest BCUT2D eigenvalue weighted by Crippen LogP contribution is -2.58. The first-order valence-electron chi connectivity index (χ1n) is 26.9. The summed E-state index contributed by atoms with van der Waals surface area (Å²) in [5, 5.41) is 60.1. The minimum atomic E-state index is -5.16. The number of carbonyl (C=O) groups excluding carboxylic acids is 8. The van der Waals surface area contributed by atoms with Gasteiger partial charge in [-0.1, -0.05) is 138 Å². The smallest absolute Gasteiger partial charge is 0.269 e. The van der Waals surface area contributed by atoms with Gasteiger partial charge in [0.2, 0.25) is 45.3 Å². The van der Waals surface area contributed by atoms with Crippen LogP contribution in [0.2, 0.25) is 0 Å². The second kappa shape index (κ2) is 33.0. The lowest BCUT2D eigenvalue weighted by Gasteiger charge is -2.30. The van der Waals surface area contributed by atoms with Gasteiger partial charge in [0.05, 0.1) is 46.0 Å². The Kier molecular flexibility index (Phi) is 29.2. The maximum absolute atomic E-state index is 14.3. The van der Waals surface area contributed by atoms with E-state index in [1.54, 1.807) is 55.4 Å². The van der Waals surface area contributed by atoms with E-state index in [9.17, 15) is 77.2 Å². The Bertz CT molecular complexity index is 2660. The van der Waals surface area contributed by atoms with Gasteiger partial charge in [0, 0.05) is 46.0 Å². The monoisotopic (exact) mass is 1410 g/mol. The highest BCUT2D eigenvalue weighted by molar-refractivity contribution is 14.1. The Hall–Kier alpha value is -5.79. The van der Waals surface area contributed by atoms with Crippen LogP contribution in [0, 0.1) is 43.9 Å². The molecule has 24 nitrogen and oxygen atoms in total. The molecule has 0 heterocycles. The zero-order valence-electron chi connectivity index (χ0n) is 48.5. The topological polar surface area (TPSA) is 370 Å². The van der Waals surface area contributed by atoms with Gasteiger partial charge < -0.3 is 42.1 Å². The molecule has 2 aromatic carbocycles. The van der Waals surface area contributed by atoms with Crippen molar-refractivity contribution in [1.29, 1.82) is 0 Å². The van der Waals surface area contributed by atoms with Crippen molar-refractivity contribution in [2.45, 2.75) is 168 Å². The summed E-state index contributed by atoms with van der Waals surface area (Å²) in [6.07, 6.45) is -1.81. The zero-order valence-corrected chi connectivity index (χ0v) is 53.7. The third-order valence-corrected chi connectivity index (χ3v) is 17.7. The highest BCUT2D eigenvalue weighted by Gasteiger charge is 2.41. The summed E-state index contributed by atoms with van der Waals surface area (Å²) in [4.78, 5) is 131. The van der Waals surface area contributed by atoms with Crippen molar-refractivity contribution in [1.82, 2.24) is 31.9 Å². The van der Waals surface area contributed by atoms with E-state index in [1.807, 2.05) is 45.2 Å². The molecule has 0 aromatic heterocycles. The van der Waals surface area contributed by atoms with E-state index in [4.69, 9.17) is 0 Å². The van der Waals surface area contributed by atoms with E-state index in [0.717, 1.165) is 0 Å². The Labute approximate surface area is 512 Å². The van der Waals surface area contributed by atoms with E-state index in [-0.39, 0.29) is 106 Å². The Morgan fingerprint density at radius 2 is 0.795 bits per heavy atom. The van der Waals surface area contributed by atoms with Gasteiger partial charge in [0.15, 0.2) is 11.6 Å². The summed E-state index contributed by atoms with van der Waals surface area (Å²) >= 11 is 3.79. The number of benzene rings is 2. The Morgan fingerprint density at radius 3 is 1.07 bits per heavy atom. The van der Waals surface area contributed by atoms with Gasteiger partial charge >= 0.3 is 0 Å². The number of hydrogen-bond acceptors (Lipinski definition) is 16. The molecule has 0 spiro atoms. The molecule has 6 amide bonds. The maximum Gasteiger partial charge on any atom is 0.269 e. The van der Waals surface area contributed by atoms with Crippen LogP contribution < -0.4 is 31.9 Å². The van der Waals surface area contributed by atoms with Crippen LogP contribution in [-0.2, 0) is 61.0 Å². The van der Waals surface area contributed by atoms with E-state index in [0.29, 0.717) is 0 Å². The van der Waals surface area contributed by atoms with Crippen LogP contribution in [0.4, 0.5) is 11.4 Å². The molecule has 0 aliphatic carbocycles. The third kappa shape index (κ3) is 24.8. The standard InChI is InChI=1S/C56H80I2N8O16S/c1-31(2)19-41(61-51(71)43(21-33(5)6)63-53(73)45(27-55(11,75)29-57)59-47(67)25-37-15-13-17-39(23-37)65(77)78)49(69)35(9)83(81,82)36(10)50(70)42(20-32(3)4)62-52(72)44(22-34(7)8)64-54(74)46(28-56(12,76)30-58)60-48(68)26-38-16-14-18-40(24-38)66(79)80/h13-18,23-24,31-34,41-46,75-76H,9-10,19-22,25-30H2,1-8,11-12H3,(H,59,67)(H,60,68)(H,61,71)(H,62,72)(H,63,73)(H,64,74)/t41-,42-,43-,44-,45-,46-,55?,56?/m0/s1. The summed E-state index contributed by atoms with van der Waals surface area (Å²) in [5.74, 6) is -8.87. The maximum atomic E-state index is 14.3. The van der Waals surface area contributed by atoms with E-state index >= 15 is 0 Å². The van der Waals surface area contributed by atoms with E-state index < -0.39 is 124 Å². The van der Waals surface area contributed by atoms with Crippen LogP contribution in [-0.4, -0.2) is 132 Å². The molecule has 460 valence electrons. The van der Waals surface area contributed by atoms with Gasteiger partial charge in [-0.05, 0) is 74.3 Å². The largest absolute Gasteiger partial charge is 0.389 e. The van der Waals surface area contributed by atoms with Gasteiger partial charge in [0.25, 0.3) is 11.4 Å². The molecule has 0 bridgehead atoms. The number of alkyl halides is 2. The molecule has 2 rings (SSSR count). The molecule has 27 heteroatoms. The van der Waals surface area contributed by atoms with Gasteiger partial charge in [-0.2, -0.15) is 0 Å². The number of nitro benzene ring substituents is 2. The van der Waals surface area contributed by atoms with Gasteiger partial charge in [-0.25, -0.2) is 8.42 Å². The minimum Gasteiger partial charge on any atom is -0.389 e. The molecule has 2 aromatic rings. The van der Waals surface area contributed by atoms with Crippen LogP contribution in [0.15, 0.2) is 71.5 Å². The van der Waals surface area contributed by atoms with Crippen molar-refractivity contribution in [3.63, 3.8) is 0 Å². The second-order valence-corrected chi connectivity index (χ2v) is 26.5. The van der Waals surface area contributed by atoms with Crippen LogP contribution in [0.1, 0.15) is 119 Å². The molecule has 8 N–H and O–H groups in total. The van der Waals surface area contributed by atoms with Crippen molar-refractivity contribution in [2.75, 3.05) is 8.86 Å². The average molecular weight is 1410 g/mol. The van der Waals surface area contributed by atoms with Crippen LogP contribution >= 0.6 is 45.2 Å². The predicted molar refractivity (Wildman–Crippen MR) is 328 cm³/mol. The summed E-state index contributed by atoms with van der Waals surface area (Å²) in [7, 11) is -5.16. The summed E-state index contributed by atoms with van der Waals surface area (Å²) < 4.78 is 28.8. The summed E-state index contributed by atoms with van der Waals surface area (Å²) in [6, 6.07) is 1.72. The number of hydrogen-bond donors (Lipinski definition) is 8. The molecule has 0 fully saturated rings. The molecular formula is C56H80I2N8O16S. The average Bonchev–Trinajstić information content (AvgIpc) is 3.58. The lowest BCUT2D eigenvalue weighted by molar-refractivity contribution is -0.385. The third-order valence-electron chi connectivity index (χ3n) is 12.7. The number of carbonyl (C=O) groups is 8. The fourth-order valence-electron chi connectivity index (χ4n) is 8.53. The number of halogens is 2. The zero-order chi connectivity index (χ0) is 63.5. The summed E-state index contributed by atoms with van der Waals surface area (Å²) in [5.41, 5.74) is -3.02. The molecule has 0 saturated carbocycles. The number of amides is 6. The van der Waals surface area contributed by atoms with Crippen molar-refractivity contribution in [2.24, 2.45) is 23.7 Å². The fourth-order valence-corrected chi connectivity index (χ4v) is 10.3. The Morgan fingerprint density at radius 1 is 0.518 bits per heavy atom. The minimum absolute atomic E-state index is 0.0327. The number of nitro groups is 2. The SMILES string of the molecule is C=C(C(=O)[C@H](CC(C)C)NC(=O)[C@H](CC(C)C)NC(=O)[C@H](CC(C)(O)CI)NC(=O)Cc1cccc([N+](=O)[O-])c1)S(=O)(=O)C(=C)C(=O)[C@H](CC(C)C)NC(=O)[C@H](CC(C)C)NC(=O)[C@H](CC(C)(O)CI)NC(=O)Cc1cccc([N+](=O)[O-])c1. The van der Waals surface area contributed by atoms with E-state index in [2.05, 4.69) is 45.1 Å². The highest BCUT2D eigenvalue weighted by atomic mass is 127. The number of non-ortho nitro benzene ring substituents is 2. The molecule has 0 saturated heterocycles. The number of nitrogens with zero attached hydrogens (tertiary/aromatic N) is 2. The van der Waals surface area contributed by atoms with Gasteiger partial charge in [-0.15, -0.1) is 0 Å². The quantitative estimate of drug-likeness (QED) is 0.0144. The van der Waals surface area contributed by atoms with Crippen molar-refractivity contribution < 1.29 is 66.8 Å². The molecule has 0 aliphatic rings. The van der Waals surface area contributed by atoms with Crippen molar-refractivity contribution in [3.8, 4) is 0 Å². The first-order valence-corrected chi connectivity index (χ1v) is 31.4. The summed E-state index contributed by atoms with van der Waals surface area (Å²) in [6.45, 7) is 23.6. The first-order chi connectivity index (χ1) is 38.3. The number of ketones is 2. The van der Waals surface area contributed by atoms with Crippen molar-refractivity contribution in [3.05, 3.63) is 103 Å². The van der Waals surface area contributed by atoms with Crippen LogP contribution in [0.3, 0.4) is 0 Å². The van der Waals surface area contributed by atoms with Crippen LogP contribution in [0.25, 0.3) is 0 Å². The predicted octanol–water partition coefficient (Wildman–Crippen LogP) is 5.11. The van der Waals surface area contributed by atoms with Crippen LogP contribution in [0.5, 0.6) is 0 Å². The first kappa shape index (κ1) is 73.3. The number of nitrogens with one attached hydrogen (secondary N) is 6. The molecule has 2 unspecified atom stereocenters. The molecule has 0 aliphatic heterocycles. The van der Waals surface area contributed by atoms with Gasteiger partial charge in [0.1, 0.15) is 34.0 Å². The number of aliphatic hydroxyl groups is 2. The number of rotatable bonds is 36. The fraction of sp³-hybridized carbons (Fsp3) is 0.571. The van der Waals surface area contributed by atoms with E-state index in [1.165, 1.54) is 62.4 Å². The number of sulfone groups is 1. The normalized spacial score (nSPS) is 15.3. The molecular weight excluding hydrogens is 1330 g/mol. The number of Topliss-reactive ketones (excluding diaryl/α,β-unsaturated/α-hetero) is 2. The lowest BCUT2D eigenvalue weighted by atomic mass is 9.96. The van der Waals surface area contributed by atoms with Crippen molar-refractivity contribution >= 4 is 113 Å². The molecule has 8 atom stereocenters. The second-order valence-electron chi connectivity index (χ2n) is 23.0. The highest BCUT2D eigenvalue weighted by Crippen LogP contribution is 2.25. The Balaban J connectivity index is 2.45. The molecule has 83 heavy (non-hydrogen) atoms. The molecule has 0 radical (unpaired) electrons.